The standard InChI is InChI=1S/C29H26F2O6/c1-17(2)28(32)36-13-12-35-26-11-7-19(15-25(26)31)22-9-6-20(14-24(22)30)23-10-8-21(16-27(23)34-5)37-29(33)18(3)4/h6-11,14-16H,1,3,12-13H2,2,4-5H3. The summed E-state index contributed by atoms with van der Waals surface area (Å²) in [6.45, 7) is 9.95. The Morgan fingerprint density at radius 1 is 0.757 bits per heavy atom. The summed E-state index contributed by atoms with van der Waals surface area (Å²) in [7, 11) is 1.45. The van der Waals surface area contributed by atoms with E-state index < -0.39 is 23.6 Å². The van der Waals surface area contributed by atoms with Gasteiger partial charge in [0.1, 0.15) is 30.5 Å². The number of ether oxygens (including phenoxy) is 4. The molecule has 0 atom stereocenters. The van der Waals surface area contributed by atoms with E-state index in [1.807, 2.05) is 0 Å². The molecule has 0 aliphatic carbocycles. The number of rotatable bonds is 10. The summed E-state index contributed by atoms with van der Waals surface area (Å²) in [5.74, 6) is -1.80. The molecule has 0 saturated carbocycles. The van der Waals surface area contributed by atoms with E-state index in [1.165, 1.54) is 57.4 Å². The van der Waals surface area contributed by atoms with Crippen LogP contribution in [0.5, 0.6) is 17.2 Å². The summed E-state index contributed by atoms with van der Waals surface area (Å²) >= 11 is 0. The van der Waals surface area contributed by atoms with Crippen LogP contribution in [-0.4, -0.2) is 32.3 Å². The van der Waals surface area contributed by atoms with Crippen molar-refractivity contribution in [1.82, 2.24) is 0 Å². The molecule has 0 N–H and O–H groups in total. The third kappa shape index (κ3) is 6.82. The number of hydrogen-bond donors (Lipinski definition) is 0. The predicted octanol–water partition coefficient (Wildman–Crippen LogP) is 6.29. The second kappa shape index (κ2) is 12.0. The van der Waals surface area contributed by atoms with Crippen molar-refractivity contribution in [2.75, 3.05) is 20.3 Å². The highest BCUT2D eigenvalue weighted by atomic mass is 19.1. The van der Waals surface area contributed by atoms with Gasteiger partial charge in [0.15, 0.2) is 11.6 Å². The minimum absolute atomic E-state index is 0.0502. The molecule has 0 saturated heterocycles. The van der Waals surface area contributed by atoms with Crippen LogP contribution in [0.15, 0.2) is 78.9 Å². The first-order valence-corrected chi connectivity index (χ1v) is 11.2. The summed E-state index contributed by atoms with van der Waals surface area (Å²) in [5.41, 5.74) is 2.10. The van der Waals surface area contributed by atoms with Gasteiger partial charge < -0.3 is 18.9 Å². The molecule has 0 fully saturated rings. The maximum atomic E-state index is 15.1. The first kappa shape index (κ1) is 27.1. The highest BCUT2D eigenvalue weighted by molar-refractivity contribution is 5.89. The van der Waals surface area contributed by atoms with E-state index in [4.69, 9.17) is 18.9 Å². The van der Waals surface area contributed by atoms with Gasteiger partial charge in [-0.3, -0.25) is 0 Å². The van der Waals surface area contributed by atoms with E-state index in [-0.39, 0.29) is 41.4 Å². The fourth-order valence-corrected chi connectivity index (χ4v) is 3.28. The van der Waals surface area contributed by atoms with Crippen LogP contribution in [0.25, 0.3) is 22.3 Å². The molecule has 0 bridgehead atoms. The fourth-order valence-electron chi connectivity index (χ4n) is 3.28. The molecule has 0 radical (unpaired) electrons. The van der Waals surface area contributed by atoms with Gasteiger partial charge in [0.05, 0.1) is 7.11 Å². The van der Waals surface area contributed by atoms with Crippen LogP contribution in [-0.2, 0) is 14.3 Å². The molecule has 0 aliphatic rings. The fraction of sp³-hybridized carbons (Fsp3) is 0.172. The van der Waals surface area contributed by atoms with Gasteiger partial charge in [-0.1, -0.05) is 31.4 Å². The number of halogens is 2. The van der Waals surface area contributed by atoms with Gasteiger partial charge in [0.2, 0.25) is 0 Å². The van der Waals surface area contributed by atoms with Crippen LogP contribution in [0.2, 0.25) is 0 Å². The van der Waals surface area contributed by atoms with Crippen molar-refractivity contribution in [1.29, 1.82) is 0 Å². The van der Waals surface area contributed by atoms with Crippen molar-refractivity contribution in [2.24, 2.45) is 0 Å². The SMILES string of the molecule is C=C(C)C(=O)OCCOc1ccc(-c2ccc(-c3ccc(OC(=O)C(=C)C)cc3OC)cc2F)cc1F. The lowest BCUT2D eigenvalue weighted by Crippen LogP contribution is -2.12. The summed E-state index contributed by atoms with van der Waals surface area (Å²) in [5, 5.41) is 0. The van der Waals surface area contributed by atoms with Crippen molar-refractivity contribution in [2.45, 2.75) is 13.8 Å². The van der Waals surface area contributed by atoms with Gasteiger partial charge in [0, 0.05) is 28.3 Å². The maximum absolute atomic E-state index is 15.1. The second-order valence-corrected chi connectivity index (χ2v) is 8.14. The van der Waals surface area contributed by atoms with Crippen LogP contribution in [0.4, 0.5) is 8.78 Å². The van der Waals surface area contributed by atoms with E-state index in [2.05, 4.69) is 13.2 Å². The zero-order chi connectivity index (χ0) is 27.1. The largest absolute Gasteiger partial charge is 0.496 e. The Hall–Kier alpha value is -4.46. The van der Waals surface area contributed by atoms with Crippen LogP contribution in [0.1, 0.15) is 13.8 Å². The number of benzene rings is 3. The van der Waals surface area contributed by atoms with Gasteiger partial charge >= 0.3 is 11.9 Å². The molecule has 8 heteroatoms. The van der Waals surface area contributed by atoms with Crippen LogP contribution in [0, 0.1) is 11.6 Å². The Morgan fingerprint density at radius 2 is 1.38 bits per heavy atom. The molecule has 0 heterocycles. The smallest absolute Gasteiger partial charge is 0.338 e. The molecule has 3 aromatic carbocycles. The highest BCUT2D eigenvalue weighted by Crippen LogP contribution is 2.36. The molecular formula is C29H26F2O6. The summed E-state index contributed by atoms with van der Waals surface area (Å²) in [4.78, 5) is 23.1. The Labute approximate surface area is 213 Å². The maximum Gasteiger partial charge on any atom is 0.338 e. The molecule has 3 aromatic rings. The number of carbonyl (C=O) groups excluding carboxylic acids is 2. The molecule has 37 heavy (non-hydrogen) atoms. The normalized spacial score (nSPS) is 10.4. The number of hydrogen-bond acceptors (Lipinski definition) is 6. The molecular weight excluding hydrogens is 482 g/mol. The number of carbonyl (C=O) groups is 2. The molecule has 0 spiro atoms. The summed E-state index contributed by atoms with van der Waals surface area (Å²) in [6, 6.07) is 13.3. The Balaban J connectivity index is 1.76. The summed E-state index contributed by atoms with van der Waals surface area (Å²) < 4.78 is 50.5. The predicted molar refractivity (Wildman–Crippen MR) is 135 cm³/mol. The van der Waals surface area contributed by atoms with Gasteiger partial charge in [-0.15, -0.1) is 0 Å². The Bertz CT molecular complexity index is 1360. The molecule has 0 aromatic heterocycles. The van der Waals surface area contributed by atoms with Crippen LogP contribution < -0.4 is 14.2 Å². The summed E-state index contributed by atoms with van der Waals surface area (Å²) in [6.07, 6.45) is 0. The van der Waals surface area contributed by atoms with Crippen LogP contribution >= 0.6 is 0 Å². The van der Waals surface area contributed by atoms with Gasteiger partial charge in [-0.2, -0.15) is 0 Å². The van der Waals surface area contributed by atoms with Crippen molar-refractivity contribution in [3.05, 3.63) is 90.5 Å². The van der Waals surface area contributed by atoms with Crippen LogP contribution in [0.3, 0.4) is 0 Å². The number of methoxy groups -OCH3 is 1. The average Bonchev–Trinajstić information content (AvgIpc) is 2.86. The lowest BCUT2D eigenvalue weighted by atomic mass is 9.98. The van der Waals surface area contributed by atoms with Crippen molar-refractivity contribution in [3.63, 3.8) is 0 Å². The third-order valence-electron chi connectivity index (χ3n) is 5.18. The quantitative estimate of drug-likeness (QED) is 0.139. The second-order valence-electron chi connectivity index (χ2n) is 8.14. The molecule has 3 rings (SSSR count). The lowest BCUT2D eigenvalue weighted by molar-refractivity contribution is -0.139. The van der Waals surface area contributed by atoms with Gasteiger partial charge in [-0.05, 0) is 55.3 Å². The number of esters is 2. The Morgan fingerprint density at radius 3 is 2.00 bits per heavy atom. The molecule has 6 nitrogen and oxygen atoms in total. The zero-order valence-electron chi connectivity index (χ0n) is 20.7. The van der Waals surface area contributed by atoms with Gasteiger partial charge in [-0.25, -0.2) is 18.4 Å². The molecule has 0 unspecified atom stereocenters. The van der Waals surface area contributed by atoms with E-state index in [1.54, 1.807) is 18.2 Å². The van der Waals surface area contributed by atoms with E-state index in [0.717, 1.165) is 0 Å². The first-order valence-electron chi connectivity index (χ1n) is 11.2. The zero-order valence-corrected chi connectivity index (χ0v) is 20.7. The van der Waals surface area contributed by atoms with Gasteiger partial charge in [0.25, 0.3) is 0 Å². The monoisotopic (exact) mass is 508 g/mol. The minimum Gasteiger partial charge on any atom is -0.496 e. The molecule has 0 amide bonds. The van der Waals surface area contributed by atoms with E-state index in [0.29, 0.717) is 22.4 Å². The third-order valence-corrected chi connectivity index (χ3v) is 5.18. The van der Waals surface area contributed by atoms with E-state index in [9.17, 15) is 14.0 Å². The van der Waals surface area contributed by atoms with Crippen molar-refractivity contribution < 1.29 is 37.3 Å². The molecule has 192 valence electrons. The van der Waals surface area contributed by atoms with Crippen molar-refractivity contribution >= 4 is 11.9 Å². The molecule has 0 aliphatic heterocycles. The topological polar surface area (TPSA) is 71.1 Å². The lowest BCUT2D eigenvalue weighted by Gasteiger charge is -2.13. The van der Waals surface area contributed by atoms with E-state index >= 15 is 4.39 Å². The first-order chi connectivity index (χ1) is 17.6. The average molecular weight is 509 g/mol. The Kier molecular flexibility index (Phi) is 8.79. The minimum atomic E-state index is -0.686. The van der Waals surface area contributed by atoms with Crippen molar-refractivity contribution in [3.8, 4) is 39.5 Å². The highest BCUT2D eigenvalue weighted by Gasteiger charge is 2.15.